The Morgan fingerprint density at radius 1 is 1.26 bits per heavy atom. The zero-order chi connectivity index (χ0) is 19.0. The summed E-state index contributed by atoms with van der Waals surface area (Å²) < 4.78 is 15.5. The normalized spacial score (nSPS) is 12.3. The van der Waals surface area contributed by atoms with Gasteiger partial charge in [0.05, 0.1) is 28.6 Å². The summed E-state index contributed by atoms with van der Waals surface area (Å²) >= 11 is 5.86. The molecule has 3 aromatic heterocycles. The molecule has 0 saturated heterocycles. The molecule has 0 spiro atoms. The van der Waals surface area contributed by atoms with Gasteiger partial charge in [-0.15, -0.1) is 0 Å². The van der Waals surface area contributed by atoms with Crippen LogP contribution < -0.4 is 10.9 Å². The highest BCUT2D eigenvalue weighted by molar-refractivity contribution is 6.31. The minimum Gasteiger partial charge on any atom is -0.363 e. The first kappa shape index (κ1) is 17.2. The first-order valence-electron chi connectivity index (χ1n) is 8.24. The molecule has 1 aromatic carbocycles. The average Bonchev–Trinajstić information content (AvgIpc) is 3.17. The fourth-order valence-corrected chi connectivity index (χ4v) is 3.08. The van der Waals surface area contributed by atoms with Crippen molar-refractivity contribution in [1.82, 2.24) is 19.5 Å². The van der Waals surface area contributed by atoms with Crippen LogP contribution in [0.1, 0.15) is 18.5 Å². The first-order valence-corrected chi connectivity index (χ1v) is 8.62. The van der Waals surface area contributed by atoms with Crippen LogP contribution in [-0.2, 0) is 0 Å². The molecule has 0 aliphatic heterocycles. The summed E-state index contributed by atoms with van der Waals surface area (Å²) in [6.07, 6.45) is 6.90. The number of fused-ring (bicyclic) bond motifs is 1. The summed E-state index contributed by atoms with van der Waals surface area (Å²) in [5, 5.41) is 3.89. The summed E-state index contributed by atoms with van der Waals surface area (Å²) in [5.41, 5.74) is 1.50. The van der Waals surface area contributed by atoms with Crippen LogP contribution in [-0.4, -0.2) is 19.5 Å². The van der Waals surface area contributed by atoms with E-state index in [4.69, 9.17) is 11.6 Å². The second-order valence-corrected chi connectivity index (χ2v) is 6.55. The van der Waals surface area contributed by atoms with E-state index in [1.807, 2.05) is 29.8 Å². The Labute approximate surface area is 158 Å². The summed E-state index contributed by atoms with van der Waals surface area (Å²) in [4.78, 5) is 23.5. The van der Waals surface area contributed by atoms with Crippen molar-refractivity contribution in [2.75, 3.05) is 5.32 Å². The Morgan fingerprint density at radius 3 is 2.89 bits per heavy atom. The zero-order valence-corrected chi connectivity index (χ0v) is 15.0. The third kappa shape index (κ3) is 3.41. The number of imidazole rings is 1. The number of aromatic amines is 1. The SMILES string of the molecule is CC(Nc1cc(-n2ccnc2)ccn1)c1cc2cc(Cl)c(F)cc2[nH]c1=O. The van der Waals surface area contributed by atoms with E-state index < -0.39 is 5.82 Å². The molecule has 0 radical (unpaired) electrons. The van der Waals surface area contributed by atoms with Gasteiger partial charge in [-0.2, -0.15) is 0 Å². The molecule has 1 atom stereocenters. The number of rotatable bonds is 4. The van der Waals surface area contributed by atoms with Crippen molar-refractivity contribution < 1.29 is 4.39 Å². The minimum atomic E-state index is -0.570. The van der Waals surface area contributed by atoms with Gasteiger partial charge in [0.2, 0.25) is 0 Å². The molecule has 4 aromatic rings. The standard InChI is InChI=1S/C19H15ClFN5O/c1-11(24-18-8-13(2-3-23-18)26-5-4-22-10-26)14-6-12-7-15(20)16(21)9-17(12)25-19(14)27/h2-11H,1H3,(H,23,24)(H,25,27). The number of pyridine rings is 2. The largest absolute Gasteiger partial charge is 0.363 e. The number of hydrogen-bond acceptors (Lipinski definition) is 4. The molecule has 3 heterocycles. The van der Waals surface area contributed by atoms with Crippen LogP contribution in [0.3, 0.4) is 0 Å². The summed E-state index contributed by atoms with van der Waals surface area (Å²) in [5.74, 6) is 0.0459. The zero-order valence-electron chi connectivity index (χ0n) is 14.3. The number of H-pyrrole nitrogens is 1. The van der Waals surface area contributed by atoms with Crippen molar-refractivity contribution in [1.29, 1.82) is 0 Å². The molecule has 0 saturated carbocycles. The minimum absolute atomic E-state index is 0.0100. The van der Waals surface area contributed by atoms with Crippen LogP contribution in [0.25, 0.3) is 16.6 Å². The highest BCUT2D eigenvalue weighted by Gasteiger charge is 2.13. The smallest absolute Gasteiger partial charge is 0.253 e. The molecule has 1 unspecified atom stereocenters. The predicted octanol–water partition coefficient (Wildman–Crippen LogP) is 4.07. The van der Waals surface area contributed by atoms with E-state index in [1.165, 1.54) is 12.1 Å². The van der Waals surface area contributed by atoms with E-state index in [9.17, 15) is 9.18 Å². The molecule has 0 aliphatic rings. The molecule has 0 bridgehead atoms. The molecular formula is C19H15ClFN5O. The van der Waals surface area contributed by atoms with Gasteiger partial charge in [0.25, 0.3) is 5.56 Å². The molecule has 27 heavy (non-hydrogen) atoms. The van der Waals surface area contributed by atoms with Gasteiger partial charge in [-0.05, 0) is 31.2 Å². The molecule has 0 aliphatic carbocycles. The summed E-state index contributed by atoms with van der Waals surface area (Å²) in [6.45, 7) is 1.85. The van der Waals surface area contributed by atoms with Crippen molar-refractivity contribution in [3.8, 4) is 5.69 Å². The Balaban J connectivity index is 1.66. The van der Waals surface area contributed by atoms with E-state index in [0.717, 1.165) is 5.69 Å². The average molecular weight is 384 g/mol. The predicted molar refractivity (Wildman–Crippen MR) is 103 cm³/mol. The van der Waals surface area contributed by atoms with Crippen LogP contribution in [0.4, 0.5) is 10.2 Å². The lowest BCUT2D eigenvalue weighted by molar-refractivity contribution is 0.629. The maximum atomic E-state index is 13.6. The molecule has 0 fully saturated rings. The van der Waals surface area contributed by atoms with Crippen LogP contribution in [0.15, 0.2) is 60.0 Å². The van der Waals surface area contributed by atoms with Gasteiger partial charge in [-0.1, -0.05) is 11.6 Å². The molecule has 4 rings (SSSR count). The summed E-state index contributed by atoms with van der Waals surface area (Å²) in [6, 6.07) is 7.81. The Morgan fingerprint density at radius 2 is 2.11 bits per heavy atom. The van der Waals surface area contributed by atoms with Gasteiger partial charge < -0.3 is 14.9 Å². The first-order chi connectivity index (χ1) is 13.0. The van der Waals surface area contributed by atoms with E-state index >= 15 is 0 Å². The number of hydrogen-bond donors (Lipinski definition) is 2. The van der Waals surface area contributed by atoms with Crippen molar-refractivity contribution >= 4 is 28.3 Å². The number of aromatic nitrogens is 4. The number of halogens is 2. The highest BCUT2D eigenvalue weighted by Crippen LogP contribution is 2.24. The number of benzene rings is 1. The van der Waals surface area contributed by atoms with Crippen molar-refractivity contribution in [2.45, 2.75) is 13.0 Å². The fraction of sp³-hybridized carbons (Fsp3) is 0.105. The third-order valence-electron chi connectivity index (χ3n) is 4.29. The fourth-order valence-electron chi connectivity index (χ4n) is 2.91. The number of nitrogens with one attached hydrogen (secondary N) is 2. The lowest BCUT2D eigenvalue weighted by Crippen LogP contribution is -2.20. The maximum Gasteiger partial charge on any atom is 0.253 e. The third-order valence-corrected chi connectivity index (χ3v) is 4.58. The lowest BCUT2D eigenvalue weighted by atomic mass is 10.1. The van der Waals surface area contributed by atoms with Gasteiger partial charge >= 0.3 is 0 Å². The van der Waals surface area contributed by atoms with Crippen LogP contribution in [0.5, 0.6) is 0 Å². The van der Waals surface area contributed by atoms with Gasteiger partial charge in [-0.3, -0.25) is 4.79 Å². The van der Waals surface area contributed by atoms with E-state index in [0.29, 0.717) is 22.3 Å². The topological polar surface area (TPSA) is 75.6 Å². The van der Waals surface area contributed by atoms with E-state index in [2.05, 4.69) is 20.3 Å². The van der Waals surface area contributed by atoms with Gasteiger partial charge in [0.15, 0.2) is 0 Å². The monoisotopic (exact) mass is 383 g/mol. The van der Waals surface area contributed by atoms with E-state index in [1.54, 1.807) is 24.8 Å². The highest BCUT2D eigenvalue weighted by atomic mass is 35.5. The number of nitrogens with zero attached hydrogens (tertiary/aromatic N) is 3. The lowest BCUT2D eigenvalue weighted by Gasteiger charge is -2.15. The summed E-state index contributed by atoms with van der Waals surface area (Å²) in [7, 11) is 0. The van der Waals surface area contributed by atoms with Gasteiger partial charge in [0.1, 0.15) is 11.6 Å². The van der Waals surface area contributed by atoms with Crippen molar-refractivity contribution in [3.05, 3.63) is 82.0 Å². The van der Waals surface area contributed by atoms with Crippen molar-refractivity contribution in [2.24, 2.45) is 0 Å². The van der Waals surface area contributed by atoms with Crippen LogP contribution >= 0.6 is 11.6 Å². The molecule has 6 nitrogen and oxygen atoms in total. The van der Waals surface area contributed by atoms with Gasteiger partial charge in [0, 0.05) is 35.6 Å². The molecule has 0 amide bonds. The second-order valence-electron chi connectivity index (χ2n) is 6.14. The quantitative estimate of drug-likeness (QED) is 0.557. The Bertz CT molecular complexity index is 1170. The van der Waals surface area contributed by atoms with Gasteiger partial charge in [-0.25, -0.2) is 14.4 Å². The van der Waals surface area contributed by atoms with Crippen molar-refractivity contribution in [3.63, 3.8) is 0 Å². The van der Waals surface area contributed by atoms with E-state index in [-0.39, 0.29) is 16.6 Å². The van der Waals surface area contributed by atoms with Crippen LogP contribution in [0, 0.1) is 5.82 Å². The Kier molecular flexibility index (Phi) is 4.37. The Hall–Kier alpha value is -3.19. The van der Waals surface area contributed by atoms with Crippen LogP contribution in [0.2, 0.25) is 5.02 Å². The molecule has 2 N–H and O–H groups in total. The molecule has 136 valence electrons. The molecule has 8 heteroatoms. The molecular weight excluding hydrogens is 369 g/mol. The number of anilines is 1. The second kappa shape index (κ2) is 6.85. The maximum absolute atomic E-state index is 13.6.